The molecule has 1 atom stereocenters. The molecule has 31 heavy (non-hydrogen) atoms. The van der Waals surface area contributed by atoms with Crippen LogP contribution in [0.3, 0.4) is 0 Å². The highest BCUT2D eigenvalue weighted by Gasteiger charge is 2.75. The van der Waals surface area contributed by atoms with Crippen LogP contribution in [-0.4, -0.2) is 44.0 Å². The topological polar surface area (TPSA) is 90.9 Å². The quantitative estimate of drug-likeness (QED) is 0.699. The van der Waals surface area contributed by atoms with Gasteiger partial charge < -0.3 is 10.0 Å². The van der Waals surface area contributed by atoms with Crippen molar-refractivity contribution in [1.82, 2.24) is 19.7 Å². The highest BCUT2D eigenvalue weighted by molar-refractivity contribution is 5.81. The molecule has 1 unspecified atom stereocenters. The van der Waals surface area contributed by atoms with Gasteiger partial charge in [0.25, 0.3) is 0 Å². The van der Waals surface area contributed by atoms with Gasteiger partial charge in [0.2, 0.25) is 0 Å². The van der Waals surface area contributed by atoms with Gasteiger partial charge in [0.15, 0.2) is 5.82 Å². The number of rotatable bonds is 3. The SMILES string of the molecule is CC(C)O.N#CC1(c2ccc3cnn(-c4cc(N5CCCC5)ncn4)c3c2)CC12CC2. The highest BCUT2D eigenvalue weighted by atomic mass is 16.3. The lowest BCUT2D eigenvalue weighted by Gasteiger charge is -2.16. The lowest BCUT2D eigenvalue weighted by atomic mass is 9.93. The van der Waals surface area contributed by atoms with Crippen molar-refractivity contribution in [2.45, 2.75) is 57.5 Å². The van der Waals surface area contributed by atoms with E-state index in [-0.39, 0.29) is 16.9 Å². The summed E-state index contributed by atoms with van der Waals surface area (Å²) in [5.74, 6) is 1.74. The maximum absolute atomic E-state index is 9.85. The number of benzene rings is 1. The third-order valence-corrected chi connectivity index (χ3v) is 6.78. The third kappa shape index (κ3) is 3.35. The number of aromatic nitrogens is 4. The van der Waals surface area contributed by atoms with Crippen LogP contribution in [0.1, 0.15) is 51.5 Å². The summed E-state index contributed by atoms with van der Waals surface area (Å²) < 4.78 is 1.88. The van der Waals surface area contributed by atoms with E-state index in [0.717, 1.165) is 47.6 Å². The second-order valence-electron chi connectivity index (χ2n) is 9.33. The van der Waals surface area contributed by atoms with Gasteiger partial charge in [-0.25, -0.2) is 14.6 Å². The van der Waals surface area contributed by atoms with E-state index < -0.39 is 0 Å². The molecule has 3 heterocycles. The van der Waals surface area contributed by atoms with Crippen LogP contribution in [0.15, 0.2) is 36.8 Å². The molecule has 0 amide bonds. The second-order valence-corrected chi connectivity index (χ2v) is 9.33. The summed E-state index contributed by atoms with van der Waals surface area (Å²) in [7, 11) is 0. The van der Waals surface area contributed by atoms with Crippen LogP contribution in [0.5, 0.6) is 0 Å². The molecule has 1 saturated heterocycles. The first-order valence-electron chi connectivity index (χ1n) is 11.1. The van der Waals surface area contributed by atoms with Gasteiger partial charge in [0, 0.05) is 30.6 Å². The Morgan fingerprint density at radius 1 is 1.10 bits per heavy atom. The Morgan fingerprint density at radius 2 is 1.81 bits per heavy atom. The Labute approximate surface area is 182 Å². The minimum absolute atomic E-state index is 0.167. The fourth-order valence-corrected chi connectivity index (χ4v) is 4.89. The van der Waals surface area contributed by atoms with E-state index in [0.29, 0.717) is 0 Å². The van der Waals surface area contributed by atoms with Crippen LogP contribution in [0.4, 0.5) is 5.82 Å². The number of nitriles is 1. The molecule has 1 aromatic carbocycles. The molecular weight excluding hydrogens is 388 g/mol. The van der Waals surface area contributed by atoms with Crippen LogP contribution in [0.25, 0.3) is 16.7 Å². The van der Waals surface area contributed by atoms with Crippen molar-refractivity contribution in [1.29, 1.82) is 5.26 Å². The molecule has 1 spiro atoms. The normalized spacial score (nSPS) is 23.0. The van der Waals surface area contributed by atoms with Crippen molar-refractivity contribution in [3.8, 4) is 11.9 Å². The lowest BCUT2D eigenvalue weighted by Crippen LogP contribution is -2.19. The van der Waals surface area contributed by atoms with E-state index in [1.807, 2.05) is 16.9 Å². The third-order valence-electron chi connectivity index (χ3n) is 6.78. The van der Waals surface area contributed by atoms with Gasteiger partial charge in [0.05, 0.1) is 23.2 Å². The van der Waals surface area contributed by atoms with E-state index in [1.54, 1.807) is 20.2 Å². The number of hydrogen-bond donors (Lipinski definition) is 1. The highest BCUT2D eigenvalue weighted by Crippen LogP contribution is 2.78. The van der Waals surface area contributed by atoms with Crippen LogP contribution < -0.4 is 4.90 Å². The van der Waals surface area contributed by atoms with Gasteiger partial charge in [-0.15, -0.1) is 0 Å². The average molecular weight is 417 g/mol. The summed E-state index contributed by atoms with van der Waals surface area (Å²) in [6.07, 6.45) is 9.12. The van der Waals surface area contributed by atoms with Crippen LogP contribution >= 0.6 is 0 Å². The summed E-state index contributed by atoms with van der Waals surface area (Å²) in [4.78, 5) is 11.2. The van der Waals surface area contributed by atoms with Crippen LogP contribution in [-0.2, 0) is 5.41 Å². The number of anilines is 1. The zero-order chi connectivity index (χ0) is 21.6. The second kappa shape index (κ2) is 7.31. The molecule has 0 bridgehead atoms. The van der Waals surface area contributed by atoms with E-state index in [4.69, 9.17) is 5.11 Å². The Hall–Kier alpha value is -2.98. The summed E-state index contributed by atoms with van der Waals surface area (Å²) in [6.45, 7) is 5.54. The molecule has 7 heteroatoms. The molecule has 2 saturated carbocycles. The molecule has 6 rings (SSSR count). The summed E-state index contributed by atoms with van der Waals surface area (Å²) in [5.41, 5.74) is 2.11. The minimum atomic E-state index is -0.289. The van der Waals surface area contributed by atoms with Gasteiger partial charge >= 0.3 is 0 Å². The largest absolute Gasteiger partial charge is 0.394 e. The van der Waals surface area contributed by atoms with E-state index in [1.165, 1.54) is 25.7 Å². The molecule has 1 aliphatic heterocycles. The Morgan fingerprint density at radius 3 is 2.45 bits per heavy atom. The Kier molecular flexibility index (Phi) is 4.71. The molecule has 2 aromatic heterocycles. The summed E-state index contributed by atoms with van der Waals surface area (Å²) in [5, 5.41) is 23.6. The van der Waals surface area contributed by atoms with Crippen molar-refractivity contribution >= 4 is 16.7 Å². The lowest BCUT2D eigenvalue weighted by molar-refractivity contribution is 0.216. The average Bonchev–Trinajstić information content (AvgIpc) is 3.49. The van der Waals surface area contributed by atoms with E-state index in [9.17, 15) is 5.26 Å². The van der Waals surface area contributed by atoms with Crippen molar-refractivity contribution in [2.24, 2.45) is 5.41 Å². The fraction of sp³-hybridized carbons (Fsp3) is 0.500. The summed E-state index contributed by atoms with van der Waals surface area (Å²) in [6, 6.07) is 11.0. The maximum Gasteiger partial charge on any atom is 0.159 e. The molecule has 1 N–H and O–H groups in total. The minimum Gasteiger partial charge on any atom is -0.394 e. The molecule has 7 nitrogen and oxygen atoms in total. The van der Waals surface area contributed by atoms with Crippen molar-refractivity contribution in [3.05, 3.63) is 42.4 Å². The number of aliphatic hydroxyl groups excluding tert-OH is 1. The van der Waals surface area contributed by atoms with Gasteiger partial charge in [-0.1, -0.05) is 12.1 Å². The first-order valence-corrected chi connectivity index (χ1v) is 11.1. The molecule has 160 valence electrons. The molecule has 0 radical (unpaired) electrons. The zero-order valence-electron chi connectivity index (χ0n) is 18.1. The van der Waals surface area contributed by atoms with Crippen molar-refractivity contribution in [3.63, 3.8) is 0 Å². The standard InChI is InChI=1S/C21H20N6.C3H8O/c22-13-21(12-20(21)5-6-20)16-4-3-15-11-25-27(17(15)9-16)19-10-18(23-14-24-19)26-7-1-2-8-26;1-3(2)4/h3-4,9-11,14H,1-2,5-8,12H2;3-4H,1-2H3. The predicted octanol–water partition coefficient (Wildman–Crippen LogP) is 3.75. The molecule has 2 aliphatic carbocycles. The Bertz CT molecular complexity index is 1150. The van der Waals surface area contributed by atoms with Crippen LogP contribution in [0.2, 0.25) is 0 Å². The maximum atomic E-state index is 9.85. The van der Waals surface area contributed by atoms with Gasteiger partial charge in [-0.3, -0.25) is 0 Å². The molecule has 3 aliphatic rings. The number of hydrogen-bond acceptors (Lipinski definition) is 6. The van der Waals surface area contributed by atoms with E-state index >= 15 is 0 Å². The Balaban J connectivity index is 0.000000473. The van der Waals surface area contributed by atoms with Gasteiger partial charge in [0.1, 0.15) is 12.1 Å². The van der Waals surface area contributed by atoms with Gasteiger partial charge in [-0.05, 0) is 63.0 Å². The van der Waals surface area contributed by atoms with Crippen molar-refractivity contribution < 1.29 is 5.11 Å². The smallest absolute Gasteiger partial charge is 0.159 e. The van der Waals surface area contributed by atoms with E-state index in [2.05, 4.69) is 44.2 Å². The molecule has 3 fully saturated rings. The van der Waals surface area contributed by atoms with Crippen molar-refractivity contribution in [2.75, 3.05) is 18.0 Å². The van der Waals surface area contributed by atoms with Gasteiger partial charge in [-0.2, -0.15) is 10.4 Å². The number of fused-ring (bicyclic) bond motifs is 1. The first kappa shape index (κ1) is 20.0. The fourth-order valence-electron chi connectivity index (χ4n) is 4.89. The number of nitrogens with zero attached hydrogens (tertiary/aromatic N) is 6. The first-order chi connectivity index (χ1) is 15.0. The zero-order valence-corrected chi connectivity index (χ0v) is 18.1. The summed E-state index contributed by atoms with van der Waals surface area (Å²) >= 11 is 0. The molecule has 3 aromatic rings. The molecular formula is C24H28N6O. The predicted molar refractivity (Wildman–Crippen MR) is 119 cm³/mol. The monoisotopic (exact) mass is 416 g/mol. The number of aliphatic hydroxyl groups is 1. The van der Waals surface area contributed by atoms with Crippen LogP contribution in [0, 0.1) is 16.7 Å².